The number of carbonyl (C=O) groups excluding carboxylic acids is 1. The molecule has 1 aromatic rings. The van der Waals surface area contributed by atoms with E-state index in [9.17, 15) is 4.79 Å². The topological polar surface area (TPSA) is 26.3 Å². The van der Waals surface area contributed by atoms with Crippen molar-refractivity contribution >= 4 is 45.1 Å². The van der Waals surface area contributed by atoms with E-state index in [-0.39, 0.29) is 34.3 Å². The Labute approximate surface area is 149 Å². The molecule has 0 aliphatic heterocycles. The maximum Gasteiger partial charge on any atom is 0.310 e. The van der Waals surface area contributed by atoms with Crippen molar-refractivity contribution in [3.63, 3.8) is 0 Å². The van der Waals surface area contributed by atoms with Crippen LogP contribution in [0.15, 0.2) is 27.2 Å². The normalized spacial score (nSPS) is 22.1. The summed E-state index contributed by atoms with van der Waals surface area (Å²) in [6.45, 7) is 8.36. The highest BCUT2D eigenvalue weighted by molar-refractivity contribution is 9.10. The second-order valence-corrected chi connectivity index (χ2v) is 8.22. The lowest BCUT2D eigenvalue weighted by Crippen LogP contribution is -2.12. The van der Waals surface area contributed by atoms with Crippen LogP contribution in [0.2, 0.25) is 0 Å². The van der Waals surface area contributed by atoms with Crippen LogP contribution in [0.5, 0.6) is 0 Å². The summed E-state index contributed by atoms with van der Waals surface area (Å²) in [4.78, 5) is 12.3. The van der Waals surface area contributed by atoms with E-state index in [1.54, 1.807) is 6.08 Å². The second kappa shape index (κ2) is 6.54. The number of ether oxygens (including phenoxy) is 1. The Morgan fingerprint density at radius 3 is 2.59 bits per heavy atom. The summed E-state index contributed by atoms with van der Waals surface area (Å²) in [5, 5.41) is 0. The van der Waals surface area contributed by atoms with Gasteiger partial charge < -0.3 is 4.74 Å². The molecule has 0 unspecified atom stereocenters. The molecule has 0 bridgehead atoms. The molecule has 1 fully saturated rings. The lowest BCUT2D eigenvalue weighted by atomic mass is 10.0. The Bertz CT molecular complexity index is 634. The molecule has 0 aromatic heterocycles. The Balaban J connectivity index is 2.06. The van der Waals surface area contributed by atoms with Crippen LogP contribution in [0, 0.1) is 31.1 Å². The number of carbonyl (C=O) groups is 1. The van der Waals surface area contributed by atoms with Crippen LogP contribution in [0.25, 0.3) is 0 Å². The first-order valence-corrected chi connectivity index (χ1v) is 8.65. The van der Waals surface area contributed by atoms with Gasteiger partial charge in [-0.05, 0) is 54.0 Å². The molecule has 120 valence electrons. The summed E-state index contributed by atoms with van der Waals surface area (Å²) in [6, 6.07) is 4.02. The van der Waals surface area contributed by atoms with E-state index in [0.717, 1.165) is 21.2 Å². The van der Waals surface area contributed by atoms with Crippen molar-refractivity contribution in [2.24, 2.45) is 17.3 Å². The Morgan fingerprint density at radius 2 is 2.00 bits per heavy atom. The first kappa shape index (κ1) is 17.8. The Hall–Kier alpha value is -0.510. The van der Waals surface area contributed by atoms with Gasteiger partial charge in [0.1, 0.15) is 11.1 Å². The number of benzene rings is 1. The number of hydrogen-bond acceptors (Lipinski definition) is 2. The zero-order chi connectivity index (χ0) is 16.7. The van der Waals surface area contributed by atoms with E-state index < -0.39 is 0 Å². The number of halogens is 3. The average molecular weight is 406 g/mol. The molecule has 2 atom stereocenters. The van der Waals surface area contributed by atoms with E-state index >= 15 is 0 Å². The van der Waals surface area contributed by atoms with Gasteiger partial charge in [-0.2, -0.15) is 0 Å². The Kier molecular flexibility index (Phi) is 5.31. The van der Waals surface area contributed by atoms with Gasteiger partial charge in [0.2, 0.25) is 0 Å². The highest BCUT2D eigenvalue weighted by atomic mass is 79.9. The van der Waals surface area contributed by atoms with Gasteiger partial charge >= 0.3 is 5.97 Å². The van der Waals surface area contributed by atoms with E-state index in [0.29, 0.717) is 0 Å². The molecule has 5 heteroatoms. The average Bonchev–Trinajstić information content (AvgIpc) is 2.94. The zero-order valence-electron chi connectivity index (χ0n) is 13.0. The minimum atomic E-state index is -0.195. The van der Waals surface area contributed by atoms with Crippen LogP contribution < -0.4 is 0 Å². The SMILES string of the molecule is Cc1ccc(Br)c(C)c1COC(=O)[C@H]1[C@@H](C=C(Cl)Cl)C1(C)C. The molecule has 0 radical (unpaired) electrons. The van der Waals surface area contributed by atoms with Crippen LogP contribution in [-0.2, 0) is 16.1 Å². The molecule has 0 amide bonds. The Morgan fingerprint density at radius 1 is 1.36 bits per heavy atom. The quantitative estimate of drug-likeness (QED) is 0.600. The fourth-order valence-electron chi connectivity index (χ4n) is 2.89. The van der Waals surface area contributed by atoms with Gasteiger partial charge in [0.05, 0.1) is 5.92 Å². The van der Waals surface area contributed by atoms with Crippen molar-refractivity contribution in [2.45, 2.75) is 34.3 Å². The molecule has 1 aromatic carbocycles. The number of hydrogen-bond donors (Lipinski definition) is 0. The molecular weight excluding hydrogens is 387 g/mol. The molecule has 22 heavy (non-hydrogen) atoms. The minimum Gasteiger partial charge on any atom is -0.461 e. The minimum absolute atomic E-state index is 0.0368. The smallest absolute Gasteiger partial charge is 0.310 e. The largest absolute Gasteiger partial charge is 0.461 e. The van der Waals surface area contributed by atoms with E-state index in [4.69, 9.17) is 27.9 Å². The van der Waals surface area contributed by atoms with Crippen LogP contribution in [0.3, 0.4) is 0 Å². The van der Waals surface area contributed by atoms with E-state index in [1.165, 1.54) is 0 Å². The molecule has 2 nitrogen and oxygen atoms in total. The van der Waals surface area contributed by atoms with Gasteiger partial charge in [-0.1, -0.05) is 59.0 Å². The standard InChI is InChI=1S/C17H19BrCl2O2/c1-9-5-6-13(18)10(2)11(9)8-22-16(21)15-12(7-14(19)20)17(15,3)4/h5-7,12,15H,8H2,1-4H3/t12-,15-/m1/s1. The molecule has 0 saturated heterocycles. The van der Waals surface area contributed by atoms with Gasteiger partial charge in [-0.3, -0.25) is 4.79 Å². The lowest BCUT2D eigenvalue weighted by Gasteiger charge is -2.12. The second-order valence-electron chi connectivity index (χ2n) is 6.36. The fraction of sp³-hybridized carbons (Fsp3) is 0.471. The molecule has 0 N–H and O–H groups in total. The van der Waals surface area contributed by atoms with Gasteiger partial charge in [0, 0.05) is 4.47 Å². The summed E-state index contributed by atoms with van der Waals surface area (Å²) in [5.41, 5.74) is 3.10. The van der Waals surface area contributed by atoms with Crippen molar-refractivity contribution in [1.82, 2.24) is 0 Å². The van der Waals surface area contributed by atoms with Crippen molar-refractivity contribution in [1.29, 1.82) is 0 Å². The first-order chi connectivity index (χ1) is 10.2. The van der Waals surface area contributed by atoms with Crippen molar-refractivity contribution in [2.75, 3.05) is 0 Å². The number of rotatable bonds is 4. The summed E-state index contributed by atoms with van der Waals surface area (Å²) in [5.74, 6) is -0.345. The summed E-state index contributed by atoms with van der Waals surface area (Å²) in [7, 11) is 0. The molecule has 1 saturated carbocycles. The predicted octanol–water partition coefficient (Wildman–Crippen LogP) is 5.70. The number of allylic oxidation sites excluding steroid dienone is 1. The highest BCUT2D eigenvalue weighted by Crippen LogP contribution is 2.60. The van der Waals surface area contributed by atoms with E-state index in [1.807, 2.05) is 39.8 Å². The van der Waals surface area contributed by atoms with Gasteiger partial charge in [-0.25, -0.2) is 0 Å². The predicted molar refractivity (Wildman–Crippen MR) is 94.0 cm³/mol. The maximum atomic E-state index is 12.3. The number of aryl methyl sites for hydroxylation is 1. The third-order valence-electron chi connectivity index (χ3n) is 4.60. The molecule has 1 aliphatic carbocycles. The van der Waals surface area contributed by atoms with Crippen LogP contribution in [0.4, 0.5) is 0 Å². The highest BCUT2D eigenvalue weighted by Gasteiger charge is 2.61. The van der Waals surface area contributed by atoms with Gasteiger partial charge in [0.25, 0.3) is 0 Å². The summed E-state index contributed by atoms with van der Waals surface area (Å²) >= 11 is 14.9. The first-order valence-electron chi connectivity index (χ1n) is 7.10. The lowest BCUT2D eigenvalue weighted by molar-refractivity contribution is -0.147. The third kappa shape index (κ3) is 3.52. The molecule has 0 heterocycles. The van der Waals surface area contributed by atoms with E-state index in [2.05, 4.69) is 15.9 Å². The van der Waals surface area contributed by atoms with Crippen molar-refractivity contribution < 1.29 is 9.53 Å². The maximum absolute atomic E-state index is 12.3. The van der Waals surface area contributed by atoms with Gasteiger partial charge in [0.15, 0.2) is 0 Å². The molecule has 0 spiro atoms. The molecule has 1 aliphatic rings. The molecular formula is C17H19BrCl2O2. The zero-order valence-corrected chi connectivity index (χ0v) is 16.1. The van der Waals surface area contributed by atoms with Crippen LogP contribution in [0.1, 0.15) is 30.5 Å². The molecule has 2 rings (SSSR count). The number of esters is 1. The third-order valence-corrected chi connectivity index (χ3v) is 5.71. The van der Waals surface area contributed by atoms with Crippen molar-refractivity contribution in [3.05, 3.63) is 43.9 Å². The fourth-order valence-corrected chi connectivity index (χ4v) is 3.54. The summed E-state index contributed by atoms with van der Waals surface area (Å²) in [6.07, 6.45) is 1.73. The van der Waals surface area contributed by atoms with Crippen LogP contribution >= 0.6 is 39.1 Å². The van der Waals surface area contributed by atoms with Crippen LogP contribution in [-0.4, -0.2) is 5.97 Å². The summed E-state index contributed by atoms with van der Waals surface area (Å²) < 4.78 is 6.76. The monoisotopic (exact) mass is 404 g/mol. The van der Waals surface area contributed by atoms with Gasteiger partial charge in [-0.15, -0.1) is 0 Å². The van der Waals surface area contributed by atoms with Crippen molar-refractivity contribution in [3.8, 4) is 0 Å².